The van der Waals surface area contributed by atoms with E-state index in [1.807, 2.05) is 6.07 Å². The quantitative estimate of drug-likeness (QED) is 0.755. The van der Waals surface area contributed by atoms with Gasteiger partial charge < -0.3 is 5.32 Å². The first-order chi connectivity index (χ1) is 8.88. The fourth-order valence-electron chi connectivity index (χ4n) is 1.91. The van der Waals surface area contributed by atoms with Crippen molar-refractivity contribution in [1.29, 1.82) is 0 Å². The lowest BCUT2D eigenvalue weighted by molar-refractivity contribution is 0.928. The summed E-state index contributed by atoms with van der Waals surface area (Å²) in [6.45, 7) is 0.861. The normalized spacial score (nSPS) is 10.3. The number of aryl methyl sites for hydroxylation is 1. The van der Waals surface area contributed by atoms with Gasteiger partial charge in [0.1, 0.15) is 0 Å². The van der Waals surface area contributed by atoms with E-state index in [2.05, 4.69) is 53.8 Å². The zero-order valence-electron chi connectivity index (χ0n) is 10.4. The van der Waals surface area contributed by atoms with Crippen molar-refractivity contribution in [2.24, 2.45) is 0 Å². The van der Waals surface area contributed by atoms with Crippen LogP contribution in [0.25, 0.3) is 0 Å². The maximum absolute atomic E-state index is 5.72. The van der Waals surface area contributed by atoms with Crippen molar-refractivity contribution in [1.82, 2.24) is 0 Å². The lowest BCUT2D eigenvalue weighted by Crippen LogP contribution is -1.99. The SMILES string of the molecule is ClCCCc1cccc(NCc2ccccc2)c1. The molecular weight excluding hydrogens is 242 g/mol. The van der Waals surface area contributed by atoms with E-state index >= 15 is 0 Å². The van der Waals surface area contributed by atoms with Gasteiger partial charge in [0.15, 0.2) is 0 Å². The second-order valence-corrected chi connectivity index (χ2v) is 4.71. The molecule has 0 atom stereocenters. The third kappa shape index (κ3) is 4.08. The molecule has 0 fully saturated rings. The van der Waals surface area contributed by atoms with Crippen LogP contribution >= 0.6 is 11.6 Å². The monoisotopic (exact) mass is 259 g/mol. The first kappa shape index (κ1) is 13.0. The highest BCUT2D eigenvalue weighted by Gasteiger charge is 1.96. The highest BCUT2D eigenvalue weighted by atomic mass is 35.5. The van der Waals surface area contributed by atoms with Crippen LogP contribution in [0.1, 0.15) is 17.5 Å². The Kier molecular flexibility index (Phi) is 5.10. The standard InChI is InChI=1S/C16H18ClN/c17-11-5-9-14-8-4-10-16(12-14)18-13-15-6-2-1-3-7-15/h1-4,6-8,10,12,18H,5,9,11,13H2. The van der Waals surface area contributed by atoms with Gasteiger partial charge in [-0.3, -0.25) is 0 Å². The predicted molar refractivity (Wildman–Crippen MR) is 79.3 cm³/mol. The molecule has 1 nitrogen and oxygen atoms in total. The van der Waals surface area contributed by atoms with Crippen molar-refractivity contribution in [3.63, 3.8) is 0 Å². The molecule has 94 valence electrons. The van der Waals surface area contributed by atoms with E-state index in [0.29, 0.717) is 0 Å². The van der Waals surface area contributed by atoms with Gasteiger partial charge in [-0.05, 0) is 36.1 Å². The number of rotatable bonds is 6. The molecule has 0 radical (unpaired) electrons. The smallest absolute Gasteiger partial charge is 0.0400 e. The second kappa shape index (κ2) is 7.07. The van der Waals surface area contributed by atoms with Crippen molar-refractivity contribution in [2.75, 3.05) is 11.2 Å². The van der Waals surface area contributed by atoms with Gasteiger partial charge >= 0.3 is 0 Å². The molecule has 0 heterocycles. The Bertz CT molecular complexity index is 468. The summed E-state index contributed by atoms with van der Waals surface area (Å²) in [5.41, 5.74) is 3.81. The van der Waals surface area contributed by atoms with E-state index in [1.54, 1.807) is 0 Å². The molecule has 18 heavy (non-hydrogen) atoms. The number of nitrogens with one attached hydrogen (secondary N) is 1. The molecule has 0 aliphatic heterocycles. The first-order valence-electron chi connectivity index (χ1n) is 6.31. The van der Waals surface area contributed by atoms with Gasteiger partial charge in [-0.2, -0.15) is 0 Å². The Labute approximate surface area is 114 Å². The summed E-state index contributed by atoms with van der Waals surface area (Å²) in [5, 5.41) is 3.44. The number of hydrogen-bond donors (Lipinski definition) is 1. The summed E-state index contributed by atoms with van der Waals surface area (Å²) in [4.78, 5) is 0. The molecule has 1 N–H and O–H groups in total. The van der Waals surface area contributed by atoms with E-state index < -0.39 is 0 Å². The Morgan fingerprint density at radius 3 is 2.44 bits per heavy atom. The van der Waals surface area contributed by atoms with Crippen molar-refractivity contribution < 1.29 is 0 Å². The summed E-state index contributed by atoms with van der Waals surface area (Å²) >= 11 is 5.72. The average Bonchev–Trinajstić information content (AvgIpc) is 2.44. The molecule has 0 bridgehead atoms. The highest BCUT2D eigenvalue weighted by molar-refractivity contribution is 6.17. The Morgan fingerprint density at radius 1 is 0.889 bits per heavy atom. The van der Waals surface area contributed by atoms with E-state index in [0.717, 1.165) is 25.3 Å². The number of benzene rings is 2. The topological polar surface area (TPSA) is 12.0 Å². The van der Waals surface area contributed by atoms with Crippen LogP contribution < -0.4 is 5.32 Å². The Morgan fingerprint density at radius 2 is 1.67 bits per heavy atom. The molecule has 0 spiro atoms. The molecule has 0 saturated carbocycles. The molecule has 2 aromatic carbocycles. The lowest BCUT2D eigenvalue weighted by atomic mass is 10.1. The molecule has 0 aromatic heterocycles. The van der Waals surface area contributed by atoms with Gasteiger partial charge in [-0.15, -0.1) is 11.6 Å². The third-order valence-electron chi connectivity index (χ3n) is 2.87. The van der Waals surface area contributed by atoms with Crippen LogP contribution in [0, 0.1) is 0 Å². The predicted octanol–water partition coefficient (Wildman–Crippen LogP) is 4.47. The van der Waals surface area contributed by atoms with E-state index in [-0.39, 0.29) is 0 Å². The summed E-state index contributed by atoms with van der Waals surface area (Å²) < 4.78 is 0. The minimum absolute atomic E-state index is 0.724. The Balaban J connectivity index is 1.93. The van der Waals surface area contributed by atoms with Crippen molar-refractivity contribution in [3.05, 3.63) is 65.7 Å². The molecule has 0 aliphatic carbocycles. The zero-order valence-corrected chi connectivity index (χ0v) is 11.2. The van der Waals surface area contributed by atoms with Gasteiger partial charge in [0.05, 0.1) is 0 Å². The van der Waals surface area contributed by atoms with Crippen LogP contribution in [0.3, 0.4) is 0 Å². The molecule has 2 rings (SSSR count). The maximum atomic E-state index is 5.72. The average molecular weight is 260 g/mol. The number of halogens is 1. The van der Waals surface area contributed by atoms with E-state index in [1.165, 1.54) is 16.8 Å². The summed E-state index contributed by atoms with van der Waals surface area (Å²) in [6, 6.07) is 19.0. The van der Waals surface area contributed by atoms with Crippen LogP contribution in [0.4, 0.5) is 5.69 Å². The van der Waals surface area contributed by atoms with Gasteiger partial charge in [0.25, 0.3) is 0 Å². The minimum atomic E-state index is 0.724. The van der Waals surface area contributed by atoms with Crippen molar-refractivity contribution in [3.8, 4) is 0 Å². The van der Waals surface area contributed by atoms with Crippen molar-refractivity contribution in [2.45, 2.75) is 19.4 Å². The molecule has 2 heteroatoms. The fraction of sp³-hybridized carbons (Fsp3) is 0.250. The summed E-state index contributed by atoms with van der Waals surface area (Å²) in [5.74, 6) is 0.724. The second-order valence-electron chi connectivity index (χ2n) is 4.33. The van der Waals surface area contributed by atoms with Crippen LogP contribution in [0.2, 0.25) is 0 Å². The Hall–Kier alpha value is -1.47. The van der Waals surface area contributed by atoms with Gasteiger partial charge in [-0.1, -0.05) is 42.5 Å². The van der Waals surface area contributed by atoms with Gasteiger partial charge in [0.2, 0.25) is 0 Å². The summed E-state index contributed by atoms with van der Waals surface area (Å²) in [7, 11) is 0. The maximum Gasteiger partial charge on any atom is 0.0400 e. The largest absolute Gasteiger partial charge is 0.381 e. The molecule has 2 aromatic rings. The minimum Gasteiger partial charge on any atom is -0.381 e. The first-order valence-corrected chi connectivity index (χ1v) is 6.84. The number of hydrogen-bond acceptors (Lipinski definition) is 1. The zero-order chi connectivity index (χ0) is 12.6. The molecular formula is C16H18ClN. The van der Waals surface area contributed by atoms with E-state index in [4.69, 9.17) is 11.6 Å². The summed E-state index contributed by atoms with van der Waals surface area (Å²) in [6.07, 6.45) is 2.08. The molecule has 0 aliphatic rings. The molecule has 0 unspecified atom stereocenters. The third-order valence-corrected chi connectivity index (χ3v) is 3.13. The van der Waals surface area contributed by atoms with Crippen molar-refractivity contribution >= 4 is 17.3 Å². The van der Waals surface area contributed by atoms with Crippen LogP contribution in [-0.4, -0.2) is 5.88 Å². The number of alkyl halides is 1. The van der Waals surface area contributed by atoms with E-state index in [9.17, 15) is 0 Å². The molecule has 0 amide bonds. The van der Waals surface area contributed by atoms with Gasteiger partial charge in [0, 0.05) is 18.1 Å². The highest BCUT2D eigenvalue weighted by Crippen LogP contribution is 2.13. The lowest BCUT2D eigenvalue weighted by Gasteiger charge is -2.08. The van der Waals surface area contributed by atoms with Crippen LogP contribution in [-0.2, 0) is 13.0 Å². The fourth-order valence-corrected chi connectivity index (χ4v) is 2.04. The van der Waals surface area contributed by atoms with Crippen LogP contribution in [0.5, 0.6) is 0 Å². The van der Waals surface area contributed by atoms with Crippen LogP contribution in [0.15, 0.2) is 54.6 Å². The van der Waals surface area contributed by atoms with Gasteiger partial charge in [-0.25, -0.2) is 0 Å². The molecule has 0 saturated heterocycles. The number of anilines is 1.